The van der Waals surface area contributed by atoms with Crippen molar-refractivity contribution in [3.63, 3.8) is 0 Å². The van der Waals surface area contributed by atoms with Gasteiger partial charge in [-0.15, -0.1) is 0 Å². The molecule has 0 aliphatic heterocycles. The first-order valence-corrected chi connectivity index (χ1v) is 5.87. The fourth-order valence-electron chi connectivity index (χ4n) is 1.95. The Bertz CT molecular complexity index is 492. The molecule has 1 aromatic carbocycles. The van der Waals surface area contributed by atoms with Gasteiger partial charge < -0.3 is 9.84 Å². The van der Waals surface area contributed by atoms with E-state index in [0.29, 0.717) is 6.42 Å². The lowest BCUT2D eigenvalue weighted by Crippen LogP contribution is -2.24. The molecule has 0 fully saturated rings. The summed E-state index contributed by atoms with van der Waals surface area (Å²) in [7, 11) is 1.63. The number of aliphatic hydroxyl groups is 1. The lowest BCUT2D eigenvalue weighted by atomic mass is 9.89. The van der Waals surface area contributed by atoms with Crippen molar-refractivity contribution in [2.45, 2.75) is 18.9 Å². The quantitative estimate of drug-likeness (QED) is 0.897. The van der Waals surface area contributed by atoms with Crippen LogP contribution in [0.2, 0.25) is 0 Å². The van der Waals surface area contributed by atoms with Gasteiger partial charge in [-0.25, -0.2) is 0 Å². The molecule has 0 amide bonds. The number of ether oxygens (including phenoxy) is 1. The minimum atomic E-state index is -0.907. The van der Waals surface area contributed by atoms with Gasteiger partial charge in [0.05, 0.1) is 12.7 Å². The van der Waals surface area contributed by atoms with Gasteiger partial charge in [0.25, 0.3) is 0 Å². The van der Waals surface area contributed by atoms with Crippen LogP contribution in [0.15, 0.2) is 48.8 Å². The van der Waals surface area contributed by atoms with Crippen LogP contribution >= 0.6 is 0 Å². The van der Waals surface area contributed by atoms with Crippen molar-refractivity contribution in [2.24, 2.45) is 0 Å². The Morgan fingerprint density at radius 2 is 1.94 bits per heavy atom. The van der Waals surface area contributed by atoms with Gasteiger partial charge >= 0.3 is 0 Å². The van der Waals surface area contributed by atoms with Crippen LogP contribution in [-0.4, -0.2) is 17.2 Å². The van der Waals surface area contributed by atoms with Gasteiger partial charge in [-0.05, 0) is 36.2 Å². The zero-order chi connectivity index (χ0) is 13.0. The molecule has 1 atom stereocenters. The summed E-state index contributed by atoms with van der Waals surface area (Å²) in [5.41, 5.74) is 0.973. The van der Waals surface area contributed by atoms with Gasteiger partial charge in [0.2, 0.25) is 0 Å². The number of hydrogen-bond acceptors (Lipinski definition) is 3. The first-order valence-electron chi connectivity index (χ1n) is 5.87. The molecule has 1 aromatic heterocycles. The smallest absolute Gasteiger partial charge is 0.118 e. The SMILES string of the molecule is COc1ccc([C@](C)(O)Cc2cccnc2)cc1. The van der Waals surface area contributed by atoms with E-state index in [0.717, 1.165) is 16.9 Å². The summed E-state index contributed by atoms with van der Waals surface area (Å²) < 4.78 is 5.11. The maximum atomic E-state index is 10.5. The number of benzene rings is 1. The summed E-state index contributed by atoms with van der Waals surface area (Å²) in [4.78, 5) is 4.06. The number of aromatic nitrogens is 1. The topological polar surface area (TPSA) is 42.4 Å². The van der Waals surface area contributed by atoms with Crippen LogP contribution in [-0.2, 0) is 12.0 Å². The van der Waals surface area contributed by atoms with Crippen LogP contribution in [0.5, 0.6) is 5.75 Å². The molecule has 0 aliphatic rings. The summed E-state index contributed by atoms with van der Waals surface area (Å²) >= 11 is 0. The Labute approximate surface area is 107 Å². The lowest BCUT2D eigenvalue weighted by molar-refractivity contribution is 0.0575. The van der Waals surface area contributed by atoms with Crippen LogP contribution in [0.3, 0.4) is 0 Å². The molecule has 0 aliphatic carbocycles. The van der Waals surface area contributed by atoms with Gasteiger partial charge in [0, 0.05) is 18.8 Å². The third-order valence-corrected chi connectivity index (χ3v) is 2.98. The Hall–Kier alpha value is -1.87. The normalized spacial score (nSPS) is 13.9. The summed E-state index contributed by atoms with van der Waals surface area (Å²) in [6, 6.07) is 11.3. The average Bonchev–Trinajstić information content (AvgIpc) is 2.39. The molecular weight excluding hydrogens is 226 g/mol. The molecule has 0 spiro atoms. The molecule has 0 saturated heterocycles. The number of rotatable bonds is 4. The van der Waals surface area contributed by atoms with Gasteiger partial charge in [-0.3, -0.25) is 4.98 Å². The van der Waals surface area contributed by atoms with Crippen molar-refractivity contribution in [1.29, 1.82) is 0 Å². The molecule has 94 valence electrons. The second-order valence-electron chi connectivity index (χ2n) is 4.54. The molecule has 1 heterocycles. The molecule has 0 unspecified atom stereocenters. The fraction of sp³-hybridized carbons (Fsp3) is 0.267. The first-order chi connectivity index (χ1) is 8.62. The molecule has 3 heteroatoms. The van der Waals surface area contributed by atoms with Crippen LogP contribution in [0.1, 0.15) is 18.1 Å². The van der Waals surface area contributed by atoms with Crippen molar-refractivity contribution in [3.05, 3.63) is 59.9 Å². The van der Waals surface area contributed by atoms with E-state index in [1.165, 1.54) is 0 Å². The Kier molecular flexibility index (Phi) is 3.63. The summed E-state index contributed by atoms with van der Waals surface area (Å²) in [6.45, 7) is 1.81. The van der Waals surface area contributed by atoms with E-state index >= 15 is 0 Å². The third kappa shape index (κ3) is 2.87. The van der Waals surface area contributed by atoms with Crippen LogP contribution in [0, 0.1) is 0 Å². The van der Waals surface area contributed by atoms with E-state index in [-0.39, 0.29) is 0 Å². The van der Waals surface area contributed by atoms with Crippen LogP contribution in [0.4, 0.5) is 0 Å². The average molecular weight is 243 g/mol. The van der Waals surface area contributed by atoms with Crippen LogP contribution in [0.25, 0.3) is 0 Å². The van der Waals surface area contributed by atoms with Crippen molar-refractivity contribution in [2.75, 3.05) is 7.11 Å². The fourth-order valence-corrected chi connectivity index (χ4v) is 1.95. The number of pyridine rings is 1. The number of nitrogens with zero attached hydrogens (tertiary/aromatic N) is 1. The van der Waals surface area contributed by atoms with Crippen molar-refractivity contribution >= 4 is 0 Å². The number of hydrogen-bond donors (Lipinski definition) is 1. The minimum Gasteiger partial charge on any atom is -0.497 e. The second kappa shape index (κ2) is 5.19. The molecular formula is C15H17NO2. The van der Waals surface area contributed by atoms with Gasteiger partial charge in [-0.2, -0.15) is 0 Å². The molecule has 3 nitrogen and oxygen atoms in total. The molecule has 2 rings (SSSR count). The lowest BCUT2D eigenvalue weighted by Gasteiger charge is -2.24. The van der Waals surface area contributed by atoms with E-state index in [4.69, 9.17) is 4.74 Å². The highest BCUT2D eigenvalue weighted by Gasteiger charge is 2.23. The Morgan fingerprint density at radius 3 is 2.50 bits per heavy atom. The van der Waals surface area contributed by atoms with Gasteiger partial charge in [-0.1, -0.05) is 18.2 Å². The Morgan fingerprint density at radius 1 is 1.22 bits per heavy atom. The van der Waals surface area contributed by atoms with E-state index in [1.807, 2.05) is 43.3 Å². The van der Waals surface area contributed by atoms with E-state index in [2.05, 4.69) is 4.98 Å². The Balaban J connectivity index is 2.19. The maximum Gasteiger partial charge on any atom is 0.118 e. The van der Waals surface area contributed by atoms with E-state index in [9.17, 15) is 5.11 Å². The molecule has 18 heavy (non-hydrogen) atoms. The van der Waals surface area contributed by atoms with Gasteiger partial charge in [0.1, 0.15) is 5.75 Å². The van der Waals surface area contributed by atoms with E-state index < -0.39 is 5.60 Å². The first kappa shape index (κ1) is 12.6. The maximum absolute atomic E-state index is 10.5. The van der Waals surface area contributed by atoms with E-state index in [1.54, 1.807) is 19.5 Å². The summed E-state index contributed by atoms with van der Waals surface area (Å²) in [6.07, 6.45) is 4.04. The van der Waals surface area contributed by atoms with Crippen molar-refractivity contribution < 1.29 is 9.84 Å². The molecule has 0 bridgehead atoms. The third-order valence-electron chi connectivity index (χ3n) is 2.98. The number of methoxy groups -OCH3 is 1. The minimum absolute atomic E-state index is 0.535. The summed E-state index contributed by atoms with van der Waals surface area (Å²) in [5.74, 6) is 0.788. The predicted octanol–water partition coefficient (Wildman–Crippen LogP) is 2.54. The molecule has 1 N–H and O–H groups in total. The van der Waals surface area contributed by atoms with Crippen molar-refractivity contribution in [3.8, 4) is 5.75 Å². The van der Waals surface area contributed by atoms with Crippen LogP contribution < -0.4 is 4.74 Å². The van der Waals surface area contributed by atoms with Crippen molar-refractivity contribution in [1.82, 2.24) is 4.98 Å². The second-order valence-corrected chi connectivity index (χ2v) is 4.54. The highest BCUT2D eigenvalue weighted by Crippen LogP contribution is 2.26. The standard InChI is InChI=1S/C15H17NO2/c1-15(17,10-12-4-3-9-16-11-12)13-5-7-14(18-2)8-6-13/h3-9,11,17H,10H2,1-2H3/t15-/m1/s1. The molecule has 0 radical (unpaired) electrons. The molecule has 0 saturated carbocycles. The monoisotopic (exact) mass is 243 g/mol. The summed E-state index contributed by atoms with van der Waals surface area (Å²) in [5, 5.41) is 10.5. The highest BCUT2D eigenvalue weighted by atomic mass is 16.5. The van der Waals surface area contributed by atoms with Gasteiger partial charge in [0.15, 0.2) is 0 Å². The molecule has 2 aromatic rings. The predicted molar refractivity (Wildman–Crippen MR) is 70.5 cm³/mol. The largest absolute Gasteiger partial charge is 0.497 e. The zero-order valence-electron chi connectivity index (χ0n) is 10.6. The highest BCUT2D eigenvalue weighted by molar-refractivity contribution is 5.31. The zero-order valence-corrected chi connectivity index (χ0v) is 10.6.